The lowest BCUT2D eigenvalue weighted by Crippen LogP contribution is -2.07. The third kappa shape index (κ3) is 2.38. The summed E-state index contributed by atoms with van der Waals surface area (Å²) in [4.78, 5) is 11.6. The fourth-order valence-corrected chi connectivity index (χ4v) is 1.91. The van der Waals surface area contributed by atoms with Gasteiger partial charge in [-0.2, -0.15) is 5.26 Å². The van der Waals surface area contributed by atoms with E-state index >= 15 is 0 Å². The van der Waals surface area contributed by atoms with Gasteiger partial charge in [0.05, 0.1) is 11.6 Å². The number of carbonyl (C=O) groups is 1. The van der Waals surface area contributed by atoms with Crippen molar-refractivity contribution in [2.24, 2.45) is 0 Å². The Bertz CT molecular complexity index is 463. The molecule has 0 N–H and O–H groups in total. The van der Waals surface area contributed by atoms with E-state index in [1.165, 1.54) is 0 Å². The van der Waals surface area contributed by atoms with Gasteiger partial charge >= 0.3 is 0 Å². The highest BCUT2D eigenvalue weighted by atomic mass is 16.1. The molecule has 0 unspecified atom stereocenters. The largest absolute Gasteiger partial charge is 0.295 e. The van der Waals surface area contributed by atoms with Crippen LogP contribution in [0, 0.1) is 11.3 Å². The molecule has 0 radical (unpaired) electrons. The van der Waals surface area contributed by atoms with Gasteiger partial charge in [0.2, 0.25) is 0 Å². The number of rotatable bonds is 1. The second-order valence-electron chi connectivity index (χ2n) is 4.03. The quantitative estimate of drug-likeness (QED) is 0.670. The first-order valence-corrected chi connectivity index (χ1v) is 5.53. The number of ketones is 1. The highest BCUT2D eigenvalue weighted by molar-refractivity contribution is 6.00. The Labute approximate surface area is 95.2 Å². The van der Waals surface area contributed by atoms with Crippen LogP contribution in [0.1, 0.15) is 36.8 Å². The molecule has 0 aromatic heterocycles. The maximum Gasteiger partial charge on any atom is 0.158 e. The molecule has 1 saturated carbocycles. The summed E-state index contributed by atoms with van der Waals surface area (Å²) in [5.41, 5.74) is 2.58. The molecule has 0 heterocycles. The molecule has 1 aliphatic carbocycles. The Kier molecular flexibility index (Phi) is 3.16. The van der Waals surface area contributed by atoms with E-state index in [1.54, 1.807) is 12.1 Å². The molecule has 0 spiro atoms. The molecule has 0 aliphatic heterocycles. The van der Waals surface area contributed by atoms with Crippen LogP contribution in [0.2, 0.25) is 0 Å². The van der Waals surface area contributed by atoms with Gasteiger partial charge in [0.25, 0.3) is 0 Å². The summed E-state index contributed by atoms with van der Waals surface area (Å²) in [6, 6.07) is 9.40. The van der Waals surface area contributed by atoms with Crippen LogP contribution in [-0.4, -0.2) is 5.78 Å². The molecular formula is C14H13NO. The first-order chi connectivity index (χ1) is 7.79. The maximum absolute atomic E-state index is 11.6. The van der Waals surface area contributed by atoms with Crippen LogP contribution < -0.4 is 0 Å². The van der Waals surface area contributed by atoms with Crippen LogP contribution in [0.5, 0.6) is 0 Å². The average Bonchev–Trinajstić information content (AvgIpc) is 2.33. The molecule has 1 aliphatic rings. The van der Waals surface area contributed by atoms with Crippen molar-refractivity contribution in [2.45, 2.75) is 25.7 Å². The molecule has 0 bridgehead atoms. The minimum absolute atomic E-state index is 0.274. The van der Waals surface area contributed by atoms with Crippen molar-refractivity contribution >= 4 is 11.9 Å². The molecule has 16 heavy (non-hydrogen) atoms. The zero-order chi connectivity index (χ0) is 11.4. The van der Waals surface area contributed by atoms with E-state index in [1.807, 2.05) is 18.2 Å². The van der Waals surface area contributed by atoms with Crippen molar-refractivity contribution in [1.29, 1.82) is 5.26 Å². The lowest BCUT2D eigenvalue weighted by molar-refractivity contribution is -0.116. The van der Waals surface area contributed by atoms with E-state index in [2.05, 4.69) is 6.07 Å². The van der Waals surface area contributed by atoms with Crippen LogP contribution in [0.3, 0.4) is 0 Å². The molecule has 0 atom stereocenters. The Morgan fingerprint density at radius 3 is 2.44 bits per heavy atom. The highest BCUT2D eigenvalue weighted by Gasteiger charge is 2.14. The van der Waals surface area contributed by atoms with Gasteiger partial charge in [0.15, 0.2) is 5.78 Å². The van der Waals surface area contributed by atoms with Crippen LogP contribution >= 0.6 is 0 Å². The van der Waals surface area contributed by atoms with Crippen LogP contribution in [0.25, 0.3) is 6.08 Å². The summed E-state index contributed by atoms with van der Waals surface area (Å²) >= 11 is 0. The Hall–Kier alpha value is -1.88. The Morgan fingerprint density at radius 1 is 1.12 bits per heavy atom. The van der Waals surface area contributed by atoms with Crippen molar-refractivity contribution < 1.29 is 4.79 Å². The number of nitrogens with zero attached hydrogens (tertiary/aromatic N) is 1. The van der Waals surface area contributed by atoms with Gasteiger partial charge in [0, 0.05) is 6.42 Å². The zero-order valence-electron chi connectivity index (χ0n) is 9.07. The van der Waals surface area contributed by atoms with Gasteiger partial charge in [-0.05, 0) is 48.6 Å². The molecule has 2 rings (SSSR count). The second kappa shape index (κ2) is 4.76. The summed E-state index contributed by atoms with van der Waals surface area (Å²) < 4.78 is 0. The zero-order valence-corrected chi connectivity index (χ0v) is 9.07. The van der Waals surface area contributed by atoms with Crippen molar-refractivity contribution in [1.82, 2.24) is 0 Å². The molecule has 2 nitrogen and oxygen atoms in total. The lowest BCUT2D eigenvalue weighted by Gasteiger charge is -2.12. The first kappa shape index (κ1) is 10.6. The lowest BCUT2D eigenvalue weighted by atomic mass is 9.92. The van der Waals surface area contributed by atoms with E-state index in [9.17, 15) is 4.79 Å². The van der Waals surface area contributed by atoms with E-state index in [-0.39, 0.29) is 5.78 Å². The number of allylic oxidation sites excluding steroid dienone is 1. The third-order valence-electron chi connectivity index (χ3n) is 2.84. The van der Waals surface area contributed by atoms with Crippen molar-refractivity contribution in [2.75, 3.05) is 0 Å². The minimum atomic E-state index is 0.274. The van der Waals surface area contributed by atoms with Crippen LogP contribution in [-0.2, 0) is 4.79 Å². The number of Topliss-reactive ketones (excluding diaryl/α,β-unsaturated/α-hetero) is 1. The van der Waals surface area contributed by atoms with Gasteiger partial charge < -0.3 is 0 Å². The summed E-state index contributed by atoms with van der Waals surface area (Å²) in [6.45, 7) is 0. The molecular weight excluding hydrogens is 198 g/mol. The predicted octanol–water partition coefficient (Wildman–Crippen LogP) is 3.08. The van der Waals surface area contributed by atoms with Gasteiger partial charge in [-0.1, -0.05) is 12.1 Å². The number of carbonyl (C=O) groups excluding carboxylic acids is 1. The predicted molar refractivity (Wildman–Crippen MR) is 62.6 cm³/mol. The second-order valence-corrected chi connectivity index (χ2v) is 4.03. The van der Waals surface area contributed by atoms with Crippen LogP contribution in [0.4, 0.5) is 0 Å². The number of benzene rings is 1. The molecule has 1 fully saturated rings. The van der Waals surface area contributed by atoms with E-state index in [0.717, 1.165) is 30.4 Å². The number of hydrogen-bond acceptors (Lipinski definition) is 2. The first-order valence-electron chi connectivity index (χ1n) is 5.53. The summed E-state index contributed by atoms with van der Waals surface area (Å²) in [5, 5.41) is 8.67. The molecule has 0 amide bonds. The van der Waals surface area contributed by atoms with Crippen molar-refractivity contribution in [3.05, 3.63) is 41.0 Å². The SMILES string of the molecule is N#Cc1ccc(/C=C2/CCCCC2=O)cc1. The monoisotopic (exact) mass is 211 g/mol. The summed E-state index contributed by atoms with van der Waals surface area (Å²) in [7, 11) is 0. The van der Waals surface area contributed by atoms with Crippen LogP contribution in [0.15, 0.2) is 29.8 Å². The van der Waals surface area contributed by atoms with Crippen molar-refractivity contribution in [3.63, 3.8) is 0 Å². The van der Waals surface area contributed by atoms with E-state index in [0.29, 0.717) is 12.0 Å². The van der Waals surface area contributed by atoms with Gasteiger partial charge in [0.1, 0.15) is 0 Å². The average molecular weight is 211 g/mol. The van der Waals surface area contributed by atoms with Gasteiger partial charge in [-0.15, -0.1) is 0 Å². The van der Waals surface area contributed by atoms with Gasteiger partial charge in [-0.25, -0.2) is 0 Å². The summed E-state index contributed by atoms with van der Waals surface area (Å²) in [6.07, 6.45) is 5.64. The number of nitriles is 1. The molecule has 2 heteroatoms. The molecule has 1 aromatic carbocycles. The summed E-state index contributed by atoms with van der Waals surface area (Å²) in [5.74, 6) is 0.274. The molecule has 0 saturated heterocycles. The standard InChI is InChI=1S/C14H13NO/c15-10-12-7-5-11(6-8-12)9-13-3-1-2-4-14(13)16/h5-9H,1-4H2/b13-9-. The van der Waals surface area contributed by atoms with E-state index in [4.69, 9.17) is 5.26 Å². The highest BCUT2D eigenvalue weighted by Crippen LogP contribution is 2.22. The Morgan fingerprint density at radius 2 is 1.81 bits per heavy atom. The Balaban J connectivity index is 2.21. The van der Waals surface area contributed by atoms with E-state index < -0.39 is 0 Å². The fraction of sp³-hybridized carbons (Fsp3) is 0.286. The minimum Gasteiger partial charge on any atom is -0.295 e. The fourth-order valence-electron chi connectivity index (χ4n) is 1.91. The topological polar surface area (TPSA) is 40.9 Å². The normalized spacial score (nSPS) is 18.4. The third-order valence-corrected chi connectivity index (χ3v) is 2.84. The maximum atomic E-state index is 11.6. The molecule has 80 valence electrons. The number of hydrogen-bond donors (Lipinski definition) is 0. The van der Waals surface area contributed by atoms with Crippen molar-refractivity contribution in [3.8, 4) is 6.07 Å². The molecule has 1 aromatic rings. The smallest absolute Gasteiger partial charge is 0.158 e. The van der Waals surface area contributed by atoms with Gasteiger partial charge in [-0.3, -0.25) is 4.79 Å².